The van der Waals surface area contributed by atoms with E-state index in [1.54, 1.807) is 30.3 Å². The Balaban J connectivity index is 1.84. The van der Waals surface area contributed by atoms with Crippen molar-refractivity contribution in [2.45, 2.75) is 19.4 Å². The molecule has 21 heavy (non-hydrogen) atoms. The monoisotopic (exact) mass is 341 g/mol. The third-order valence-corrected chi connectivity index (χ3v) is 4.03. The molecule has 0 aliphatic heterocycles. The first-order valence-electron chi connectivity index (χ1n) is 6.50. The average molecular weight is 343 g/mol. The zero-order chi connectivity index (χ0) is 15.2. The van der Waals surface area contributed by atoms with E-state index in [-0.39, 0.29) is 5.91 Å². The lowest BCUT2D eigenvalue weighted by molar-refractivity contribution is -0.121. The van der Waals surface area contributed by atoms with Gasteiger partial charge >= 0.3 is 0 Å². The molecule has 0 heterocycles. The quantitative estimate of drug-likeness (QED) is 0.823. The van der Waals surface area contributed by atoms with E-state index in [1.165, 1.54) is 0 Å². The summed E-state index contributed by atoms with van der Waals surface area (Å²) >= 11 is 18.0. The van der Waals surface area contributed by atoms with Crippen LogP contribution < -0.4 is 5.32 Å². The number of hydrogen-bond donors (Lipinski definition) is 1. The van der Waals surface area contributed by atoms with Gasteiger partial charge in [-0.25, -0.2) is 0 Å². The van der Waals surface area contributed by atoms with Crippen LogP contribution in [0.3, 0.4) is 0 Å². The van der Waals surface area contributed by atoms with Crippen molar-refractivity contribution < 1.29 is 4.79 Å². The molecule has 0 aromatic heterocycles. The number of carbonyl (C=O) groups is 1. The van der Waals surface area contributed by atoms with Crippen molar-refractivity contribution in [3.05, 3.63) is 68.7 Å². The Morgan fingerprint density at radius 3 is 2.19 bits per heavy atom. The standard InChI is InChI=1S/C16H14Cl3NO/c17-12-6-4-11(5-7-12)10-20-16(21)9-8-13-14(18)2-1-3-15(13)19/h1-7H,8-10H2,(H,20,21). The van der Waals surface area contributed by atoms with Crippen LogP contribution in [0, 0.1) is 0 Å². The second kappa shape index (κ2) is 7.69. The Bertz CT molecular complexity index is 606. The summed E-state index contributed by atoms with van der Waals surface area (Å²) in [5, 5.41) is 4.72. The number of amides is 1. The fourth-order valence-electron chi connectivity index (χ4n) is 1.90. The summed E-state index contributed by atoms with van der Waals surface area (Å²) in [6.45, 7) is 0.478. The van der Waals surface area contributed by atoms with Crippen LogP contribution in [0.5, 0.6) is 0 Å². The fraction of sp³-hybridized carbons (Fsp3) is 0.188. The third-order valence-electron chi connectivity index (χ3n) is 3.07. The molecule has 2 rings (SSSR count). The number of benzene rings is 2. The van der Waals surface area contributed by atoms with Crippen molar-refractivity contribution in [3.8, 4) is 0 Å². The lowest BCUT2D eigenvalue weighted by Gasteiger charge is -2.08. The van der Waals surface area contributed by atoms with E-state index in [4.69, 9.17) is 34.8 Å². The molecule has 0 unspecified atom stereocenters. The van der Waals surface area contributed by atoms with Crippen LogP contribution in [0.15, 0.2) is 42.5 Å². The SMILES string of the molecule is O=C(CCc1c(Cl)cccc1Cl)NCc1ccc(Cl)cc1. The number of carbonyl (C=O) groups excluding carboxylic acids is 1. The zero-order valence-electron chi connectivity index (χ0n) is 11.2. The van der Waals surface area contributed by atoms with Crippen LogP contribution in [0.4, 0.5) is 0 Å². The number of halogens is 3. The maximum atomic E-state index is 11.9. The van der Waals surface area contributed by atoms with Gasteiger partial charge in [-0.05, 0) is 41.8 Å². The number of nitrogens with one attached hydrogen (secondary N) is 1. The van der Waals surface area contributed by atoms with Gasteiger partial charge in [-0.2, -0.15) is 0 Å². The number of rotatable bonds is 5. The maximum absolute atomic E-state index is 11.9. The Morgan fingerprint density at radius 2 is 1.57 bits per heavy atom. The molecule has 0 fully saturated rings. The summed E-state index contributed by atoms with van der Waals surface area (Å²) in [4.78, 5) is 11.9. The first-order valence-corrected chi connectivity index (χ1v) is 7.63. The van der Waals surface area contributed by atoms with E-state index < -0.39 is 0 Å². The molecule has 2 aromatic carbocycles. The maximum Gasteiger partial charge on any atom is 0.220 e. The molecule has 0 saturated carbocycles. The topological polar surface area (TPSA) is 29.1 Å². The van der Waals surface area contributed by atoms with Gasteiger partial charge in [-0.3, -0.25) is 4.79 Å². The van der Waals surface area contributed by atoms with Crippen LogP contribution in [0.2, 0.25) is 15.1 Å². The molecule has 0 bridgehead atoms. The van der Waals surface area contributed by atoms with E-state index in [9.17, 15) is 4.79 Å². The Morgan fingerprint density at radius 1 is 0.952 bits per heavy atom. The molecule has 110 valence electrons. The average Bonchev–Trinajstić information content (AvgIpc) is 2.46. The van der Waals surface area contributed by atoms with Gasteiger partial charge in [0.05, 0.1) is 0 Å². The van der Waals surface area contributed by atoms with Crippen molar-refractivity contribution in [3.63, 3.8) is 0 Å². The molecule has 0 aliphatic carbocycles. The highest BCUT2D eigenvalue weighted by Crippen LogP contribution is 2.25. The predicted octanol–water partition coefficient (Wildman–Crippen LogP) is 4.90. The van der Waals surface area contributed by atoms with E-state index in [0.29, 0.717) is 34.5 Å². The third kappa shape index (κ3) is 4.92. The first kappa shape index (κ1) is 16.2. The van der Waals surface area contributed by atoms with Gasteiger partial charge in [0.2, 0.25) is 5.91 Å². The Labute approximate surface area is 139 Å². The first-order chi connectivity index (χ1) is 10.1. The largest absolute Gasteiger partial charge is 0.352 e. The normalized spacial score (nSPS) is 10.4. The summed E-state index contributed by atoms with van der Waals surface area (Å²) < 4.78 is 0. The van der Waals surface area contributed by atoms with Crippen molar-refractivity contribution in [2.24, 2.45) is 0 Å². The second-order valence-corrected chi connectivity index (χ2v) is 5.85. The molecular formula is C16H14Cl3NO. The van der Waals surface area contributed by atoms with E-state index in [0.717, 1.165) is 11.1 Å². The Kier molecular flexibility index (Phi) is 5.92. The summed E-state index contributed by atoms with van der Waals surface area (Å²) in [7, 11) is 0. The predicted molar refractivity (Wildman–Crippen MR) is 88.1 cm³/mol. The molecule has 0 saturated heterocycles. The van der Waals surface area contributed by atoms with E-state index >= 15 is 0 Å². The molecular weight excluding hydrogens is 329 g/mol. The highest BCUT2D eigenvalue weighted by atomic mass is 35.5. The molecule has 0 atom stereocenters. The highest BCUT2D eigenvalue weighted by molar-refractivity contribution is 6.36. The lowest BCUT2D eigenvalue weighted by atomic mass is 10.1. The van der Waals surface area contributed by atoms with Crippen molar-refractivity contribution >= 4 is 40.7 Å². The van der Waals surface area contributed by atoms with Gasteiger partial charge in [0.15, 0.2) is 0 Å². The van der Waals surface area contributed by atoms with Gasteiger partial charge in [-0.1, -0.05) is 53.0 Å². The van der Waals surface area contributed by atoms with Crippen LogP contribution >= 0.6 is 34.8 Å². The van der Waals surface area contributed by atoms with Gasteiger partial charge in [0.25, 0.3) is 0 Å². The molecule has 2 nitrogen and oxygen atoms in total. The minimum atomic E-state index is -0.0408. The van der Waals surface area contributed by atoms with Crippen LogP contribution in [-0.4, -0.2) is 5.91 Å². The molecule has 1 amide bonds. The Hall–Kier alpha value is -1.22. The minimum Gasteiger partial charge on any atom is -0.352 e. The van der Waals surface area contributed by atoms with Gasteiger partial charge in [0.1, 0.15) is 0 Å². The molecule has 0 aliphatic rings. The smallest absolute Gasteiger partial charge is 0.220 e. The lowest BCUT2D eigenvalue weighted by Crippen LogP contribution is -2.23. The van der Waals surface area contributed by atoms with Gasteiger partial charge in [0, 0.05) is 28.0 Å². The molecule has 2 aromatic rings. The number of hydrogen-bond acceptors (Lipinski definition) is 1. The molecule has 0 spiro atoms. The minimum absolute atomic E-state index is 0.0408. The summed E-state index contributed by atoms with van der Waals surface area (Å²) in [5.41, 5.74) is 1.81. The van der Waals surface area contributed by atoms with Crippen molar-refractivity contribution in [2.75, 3.05) is 0 Å². The summed E-state index contributed by atoms with van der Waals surface area (Å²) in [6, 6.07) is 12.7. The highest BCUT2D eigenvalue weighted by Gasteiger charge is 2.08. The van der Waals surface area contributed by atoms with E-state index in [1.807, 2.05) is 12.1 Å². The van der Waals surface area contributed by atoms with Crippen LogP contribution in [0.25, 0.3) is 0 Å². The second-order valence-electron chi connectivity index (χ2n) is 4.60. The van der Waals surface area contributed by atoms with Gasteiger partial charge < -0.3 is 5.32 Å². The van der Waals surface area contributed by atoms with Crippen molar-refractivity contribution in [1.29, 1.82) is 0 Å². The van der Waals surface area contributed by atoms with Crippen LogP contribution in [-0.2, 0) is 17.8 Å². The van der Waals surface area contributed by atoms with Gasteiger partial charge in [-0.15, -0.1) is 0 Å². The summed E-state index contributed by atoms with van der Waals surface area (Å²) in [5.74, 6) is -0.0408. The van der Waals surface area contributed by atoms with Crippen molar-refractivity contribution in [1.82, 2.24) is 5.32 Å². The molecule has 0 radical (unpaired) electrons. The van der Waals surface area contributed by atoms with E-state index in [2.05, 4.69) is 5.32 Å². The summed E-state index contributed by atoms with van der Waals surface area (Å²) in [6.07, 6.45) is 0.863. The molecule has 5 heteroatoms. The van der Waals surface area contributed by atoms with Crippen LogP contribution in [0.1, 0.15) is 17.5 Å². The fourth-order valence-corrected chi connectivity index (χ4v) is 2.61. The zero-order valence-corrected chi connectivity index (χ0v) is 13.5. The molecule has 1 N–H and O–H groups in total.